The van der Waals surface area contributed by atoms with Crippen molar-refractivity contribution in [2.75, 3.05) is 6.54 Å². The highest BCUT2D eigenvalue weighted by atomic mass is 32.1. The number of nitrogens with zero attached hydrogens (tertiary/aromatic N) is 1. The quantitative estimate of drug-likeness (QED) is 0.862. The van der Waals surface area contributed by atoms with Crippen LogP contribution in [-0.4, -0.2) is 23.7 Å². The molecule has 0 bridgehead atoms. The molecule has 0 fully saturated rings. The predicted octanol–water partition coefficient (Wildman–Crippen LogP) is 2.97. The van der Waals surface area contributed by atoms with Gasteiger partial charge in [0.05, 0.1) is 12.6 Å². The Hall–Kier alpha value is -2.08. The Morgan fingerprint density at radius 3 is 2.76 bits per heavy atom. The Bertz CT molecular complexity index is 545. The molecule has 2 aromatic rings. The average Bonchev–Trinajstić information content (AvgIpc) is 3.00. The molecule has 6 heteroatoms. The van der Waals surface area contributed by atoms with Gasteiger partial charge < -0.3 is 15.4 Å². The van der Waals surface area contributed by atoms with E-state index < -0.39 is 0 Å². The number of urea groups is 1. The van der Waals surface area contributed by atoms with Crippen molar-refractivity contribution in [3.8, 4) is 5.75 Å². The van der Waals surface area contributed by atoms with Gasteiger partial charge in [-0.1, -0.05) is 18.2 Å². The molecule has 0 spiro atoms. The average molecular weight is 305 g/mol. The number of benzene rings is 1. The van der Waals surface area contributed by atoms with Gasteiger partial charge in [0, 0.05) is 11.6 Å². The fourth-order valence-corrected chi connectivity index (χ4v) is 2.41. The molecule has 0 aliphatic heterocycles. The second kappa shape index (κ2) is 7.64. The van der Waals surface area contributed by atoms with Gasteiger partial charge in [0.15, 0.2) is 0 Å². The van der Waals surface area contributed by atoms with Crippen LogP contribution in [0.1, 0.15) is 24.9 Å². The summed E-state index contributed by atoms with van der Waals surface area (Å²) in [5.74, 6) is 0.795. The Kier molecular flexibility index (Phi) is 5.57. The fraction of sp³-hybridized carbons (Fsp3) is 0.333. The number of amides is 2. The van der Waals surface area contributed by atoms with Crippen molar-refractivity contribution in [2.24, 2.45) is 0 Å². The van der Waals surface area contributed by atoms with Crippen LogP contribution in [0, 0.1) is 0 Å². The van der Waals surface area contributed by atoms with E-state index in [0.29, 0.717) is 6.54 Å². The van der Waals surface area contributed by atoms with Gasteiger partial charge in [0.2, 0.25) is 0 Å². The number of nitrogens with one attached hydrogen (secondary N) is 2. The molecular formula is C15H19N3O2S. The van der Waals surface area contributed by atoms with Crippen molar-refractivity contribution in [3.63, 3.8) is 0 Å². The lowest BCUT2D eigenvalue weighted by Gasteiger charge is -2.17. The zero-order valence-electron chi connectivity index (χ0n) is 12.1. The van der Waals surface area contributed by atoms with Crippen molar-refractivity contribution in [1.29, 1.82) is 0 Å². The van der Waals surface area contributed by atoms with Crippen LogP contribution in [0.15, 0.2) is 41.9 Å². The Balaban J connectivity index is 1.71. The molecule has 2 rings (SSSR count). The van der Waals surface area contributed by atoms with Crippen molar-refractivity contribution in [2.45, 2.75) is 26.0 Å². The van der Waals surface area contributed by atoms with Gasteiger partial charge in [-0.2, -0.15) is 0 Å². The first-order chi connectivity index (χ1) is 10.1. The third-order valence-electron chi connectivity index (χ3n) is 2.80. The first-order valence-electron chi connectivity index (χ1n) is 6.80. The molecule has 0 aliphatic carbocycles. The molecular weight excluding hydrogens is 286 g/mol. The van der Waals surface area contributed by atoms with E-state index in [1.807, 2.05) is 49.6 Å². The fourth-order valence-electron chi connectivity index (χ4n) is 1.77. The number of aromatic nitrogens is 1. The van der Waals surface area contributed by atoms with E-state index in [0.717, 1.165) is 10.8 Å². The lowest BCUT2D eigenvalue weighted by atomic mass is 10.3. The third-order valence-corrected chi connectivity index (χ3v) is 3.76. The number of hydrogen-bond donors (Lipinski definition) is 2. The van der Waals surface area contributed by atoms with Crippen molar-refractivity contribution >= 4 is 17.4 Å². The van der Waals surface area contributed by atoms with E-state index in [2.05, 4.69) is 15.6 Å². The summed E-state index contributed by atoms with van der Waals surface area (Å²) in [4.78, 5) is 16.0. The molecule has 0 aliphatic rings. The molecule has 2 unspecified atom stereocenters. The number of rotatable bonds is 6. The van der Waals surface area contributed by atoms with Gasteiger partial charge in [-0.25, -0.2) is 9.78 Å². The van der Waals surface area contributed by atoms with E-state index in [4.69, 9.17) is 4.74 Å². The van der Waals surface area contributed by atoms with E-state index in [1.165, 1.54) is 11.3 Å². The number of carbonyl (C=O) groups is 1. The van der Waals surface area contributed by atoms with Gasteiger partial charge in [-0.05, 0) is 26.0 Å². The Morgan fingerprint density at radius 2 is 2.10 bits per heavy atom. The molecule has 0 saturated carbocycles. The number of carbonyl (C=O) groups excluding carboxylic acids is 1. The minimum absolute atomic E-state index is 0.102. The maximum absolute atomic E-state index is 11.8. The van der Waals surface area contributed by atoms with Crippen LogP contribution in [0.25, 0.3) is 0 Å². The van der Waals surface area contributed by atoms with Crippen molar-refractivity contribution < 1.29 is 9.53 Å². The summed E-state index contributed by atoms with van der Waals surface area (Å²) >= 11 is 1.52. The largest absolute Gasteiger partial charge is 0.489 e. The second-order valence-corrected chi connectivity index (χ2v) is 5.61. The normalized spacial score (nSPS) is 13.2. The number of para-hydroxylation sites is 1. The maximum atomic E-state index is 11.8. The molecule has 0 radical (unpaired) electrons. The molecule has 21 heavy (non-hydrogen) atoms. The highest BCUT2D eigenvalue weighted by Crippen LogP contribution is 2.14. The van der Waals surface area contributed by atoms with Crippen molar-refractivity contribution in [3.05, 3.63) is 46.9 Å². The molecule has 2 amide bonds. The van der Waals surface area contributed by atoms with Gasteiger partial charge >= 0.3 is 6.03 Å². The van der Waals surface area contributed by atoms with Gasteiger partial charge in [-0.3, -0.25) is 0 Å². The number of thiazole rings is 1. The molecule has 1 aromatic carbocycles. The minimum atomic E-state index is -0.221. The summed E-state index contributed by atoms with van der Waals surface area (Å²) in [6, 6.07) is 9.22. The van der Waals surface area contributed by atoms with Gasteiger partial charge in [-0.15, -0.1) is 11.3 Å². The predicted molar refractivity (Wildman–Crippen MR) is 83.6 cm³/mol. The topological polar surface area (TPSA) is 63.2 Å². The monoisotopic (exact) mass is 305 g/mol. The highest BCUT2D eigenvalue weighted by Gasteiger charge is 2.12. The van der Waals surface area contributed by atoms with Gasteiger partial charge in [0.1, 0.15) is 16.9 Å². The van der Waals surface area contributed by atoms with E-state index in [-0.39, 0.29) is 18.2 Å². The van der Waals surface area contributed by atoms with Gasteiger partial charge in [0.25, 0.3) is 0 Å². The van der Waals surface area contributed by atoms with Crippen LogP contribution in [0.4, 0.5) is 4.79 Å². The van der Waals surface area contributed by atoms with Crippen LogP contribution in [-0.2, 0) is 0 Å². The molecule has 5 nitrogen and oxygen atoms in total. The number of hydrogen-bond acceptors (Lipinski definition) is 4. The molecule has 2 N–H and O–H groups in total. The molecule has 2 atom stereocenters. The minimum Gasteiger partial charge on any atom is -0.489 e. The highest BCUT2D eigenvalue weighted by molar-refractivity contribution is 7.09. The summed E-state index contributed by atoms with van der Waals surface area (Å²) in [7, 11) is 0. The van der Waals surface area contributed by atoms with E-state index >= 15 is 0 Å². The first-order valence-corrected chi connectivity index (χ1v) is 7.68. The molecule has 1 aromatic heterocycles. The summed E-state index contributed by atoms with van der Waals surface area (Å²) in [6.45, 7) is 4.26. The smallest absolute Gasteiger partial charge is 0.315 e. The zero-order valence-corrected chi connectivity index (χ0v) is 12.9. The first kappa shape index (κ1) is 15.3. The summed E-state index contributed by atoms with van der Waals surface area (Å²) in [5, 5.41) is 8.42. The van der Waals surface area contributed by atoms with E-state index in [9.17, 15) is 4.79 Å². The van der Waals surface area contributed by atoms with E-state index in [1.54, 1.807) is 6.20 Å². The second-order valence-electron chi connectivity index (χ2n) is 4.69. The van der Waals surface area contributed by atoms with Crippen LogP contribution in [0.2, 0.25) is 0 Å². The zero-order chi connectivity index (χ0) is 15.1. The molecule has 1 heterocycles. The third kappa shape index (κ3) is 5.07. The van der Waals surface area contributed by atoms with Crippen molar-refractivity contribution in [1.82, 2.24) is 15.6 Å². The summed E-state index contributed by atoms with van der Waals surface area (Å²) in [5.41, 5.74) is 0. The Labute approximate surface area is 128 Å². The van der Waals surface area contributed by atoms with Crippen LogP contribution in [0.5, 0.6) is 5.75 Å². The van der Waals surface area contributed by atoms with Crippen LogP contribution in [0.3, 0.4) is 0 Å². The standard InChI is InChI=1S/C15H19N3O2S/c1-11(20-13-6-4-3-5-7-13)10-17-15(19)18-12(2)14-16-8-9-21-14/h3-9,11-12H,10H2,1-2H3,(H2,17,18,19). The Morgan fingerprint density at radius 1 is 1.33 bits per heavy atom. The van der Waals surface area contributed by atoms with Crippen LogP contribution < -0.4 is 15.4 Å². The number of ether oxygens (including phenoxy) is 1. The SMILES string of the molecule is CC(CNC(=O)NC(C)c1nccs1)Oc1ccccc1. The lowest BCUT2D eigenvalue weighted by molar-refractivity contribution is 0.206. The lowest BCUT2D eigenvalue weighted by Crippen LogP contribution is -2.41. The summed E-state index contributed by atoms with van der Waals surface area (Å²) in [6.07, 6.45) is 1.62. The molecule has 0 saturated heterocycles. The molecule has 112 valence electrons. The maximum Gasteiger partial charge on any atom is 0.315 e. The summed E-state index contributed by atoms with van der Waals surface area (Å²) < 4.78 is 5.69. The van der Waals surface area contributed by atoms with Crippen LogP contribution >= 0.6 is 11.3 Å².